The molecule has 6 nitrogen and oxygen atoms in total. The number of rotatable bonds is 4. The van der Waals surface area contributed by atoms with Crippen molar-refractivity contribution in [3.63, 3.8) is 0 Å². The third kappa shape index (κ3) is 2.68. The van der Waals surface area contributed by atoms with Crippen LogP contribution in [0.1, 0.15) is 26.2 Å². The Labute approximate surface area is 127 Å². The van der Waals surface area contributed by atoms with Crippen LogP contribution in [-0.2, 0) is 21.4 Å². The highest BCUT2D eigenvalue weighted by Gasteiger charge is 2.37. The van der Waals surface area contributed by atoms with E-state index in [4.69, 9.17) is 0 Å². The second-order valence-electron chi connectivity index (χ2n) is 5.38. The van der Waals surface area contributed by atoms with Gasteiger partial charge in [-0.05, 0) is 38.3 Å². The molecule has 0 radical (unpaired) electrons. The molecule has 1 aromatic carbocycles. The Morgan fingerprint density at radius 1 is 1.48 bits per heavy atom. The standard InChI is InChI=1S/C13H17N3O3S2/c1-9(17)8-10-4-3-7-16(10)21(18,19)12-6-2-5-11-13(12)15-20-14-11/h2,5-6,9-10,17H,3-4,7-8H2,1H3. The van der Waals surface area contributed by atoms with E-state index in [2.05, 4.69) is 8.73 Å². The third-order valence-corrected chi connectivity index (χ3v) is 6.30. The molecule has 2 unspecified atom stereocenters. The van der Waals surface area contributed by atoms with E-state index in [9.17, 15) is 13.5 Å². The zero-order valence-electron chi connectivity index (χ0n) is 11.6. The first-order valence-corrected chi connectivity index (χ1v) is 9.08. The van der Waals surface area contributed by atoms with Gasteiger partial charge < -0.3 is 5.11 Å². The molecule has 2 aliphatic rings. The van der Waals surface area contributed by atoms with E-state index in [-0.39, 0.29) is 10.9 Å². The van der Waals surface area contributed by atoms with Gasteiger partial charge in [-0.25, -0.2) is 8.42 Å². The highest BCUT2D eigenvalue weighted by Crippen LogP contribution is 2.40. The van der Waals surface area contributed by atoms with Crippen LogP contribution in [-0.4, -0.2) is 36.5 Å². The molecule has 0 bridgehead atoms. The highest BCUT2D eigenvalue weighted by molar-refractivity contribution is 7.89. The summed E-state index contributed by atoms with van der Waals surface area (Å²) < 4.78 is 35.6. The summed E-state index contributed by atoms with van der Waals surface area (Å²) >= 11 is 1.01. The van der Waals surface area contributed by atoms with E-state index >= 15 is 0 Å². The second-order valence-corrected chi connectivity index (χ2v) is 7.77. The summed E-state index contributed by atoms with van der Waals surface area (Å²) in [7, 11) is -3.60. The molecule has 21 heavy (non-hydrogen) atoms. The van der Waals surface area contributed by atoms with Crippen molar-refractivity contribution in [2.24, 2.45) is 8.73 Å². The van der Waals surface area contributed by atoms with Crippen LogP contribution >= 0.6 is 0 Å². The lowest BCUT2D eigenvalue weighted by atomic mass is 10.1. The van der Waals surface area contributed by atoms with Crippen LogP contribution in [0.25, 0.3) is 0 Å². The number of nitrogens with zero attached hydrogens (tertiary/aromatic N) is 3. The summed E-state index contributed by atoms with van der Waals surface area (Å²) in [5.74, 6) is 0. The van der Waals surface area contributed by atoms with Gasteiger partial charge in [0.15, 0.2) is 0 Å². The summed E-state index contributed by atoms with van der Waals surface area (Å²) in [4.78, 5) is 0.214. The van der Waals surface area contributed by atoms with Crippen LogP contribution in [0.4, 0.5) is 11.4 Å². The number of benzene rings is 1. The van der Waals surface area contributed by atoms with Crippen molar-refractivity contribution >= 4 is 32.8 Å². The maximum absolute atomic E-state index is 12.9. The fourth-order valence-electron chi connectivity index (χ4n) is 2.87. The van der Waals surface area contributed by atoms with Gasteiger partial charge in [-0.3, -0.25) is 0 Å². The molecule has 2 heterocycles. The maximum Gasteiger partial charge on any atom is 0.245 e. The zero-order chi connectivity index (χ0) is 15.0. The summed E-state index contributed by atoms with van der Waals surface area (Å²) in [6, 6.07) is 4.89. The van der Waals surface area contributed by atoms with Gasteiger partial charge >= 0.3 is 0 Å². The van der Waals surface area contributed by atoms with Crippen LogP contribution in [0.2, 0.25) is 0 Å². The lowest BCUT2D eigenvalue weighted by molar-refractivity contribution is 0.158. The molecule has 0 saturated carbocycles. The van der Waals surface area contributed by atoms with Crippen LogP contribution in [0.3, 0.4) is 0 Å². The molecular weight excluding hydrogens is 310 g/mol. The van der Waals surface area contributed by atoms with Gasteiger partial charge in [-0.1, -0.05) is 6.07 Å². The largest absolute Gasteiger partial charge is 0.393 e. The van der Waals surface area contributed by atoms with E-state index in [0.717, 1.165) is 24.2 Å². The Balaban J connectivity index is 1.98. The summed E-state index contributed by atoms with van der Waals surface area (Å²) in [5, 5.41) is 9.56. The molecule has 8 heteroatoms. The predicted molar refractivity (Wildman–Crippen MR) is 81.2 cm³/mol. The van der Waals surface area contributed by atoms with Gasteiger partial charge in [-0.15, -0.1) is 0 Å². The van der Waals surface area contributed by atoms with Crippen molar-refractivity contribution in [3.8, 4) is 0 Å². The second kappa shape index (κ2) is 5.60. The van der Waals surface area contributed by atoms with Crippen molar-refractivity contribution < 1.29 is 13.5 Å². The van der Waals surface area contributed by atoms with Crippen molar-refractivity contribution in [3.05, 3.63) is 18.2 Å². The first-order chi connectivity index (χ1) is 10.00. The quantitative estimate of drug-likeness (QED) is 0.935. The minimum atomic E-state index is -3.60. The van der Waals surface area contributed by atoms with Gasteiger partial charge in [-0.2, -0.15) is 13.0 Å². The molecule has 0 aliphatic carbocycles. The monoisotopic (exact) mass is 327 g/mol. The number of hydrogen-bond acceptors (Lipinski definition) is 5. The van der Waals surface area contributed by atoms with Gasteiger partial charge in [0.25, 0.3) is 0 Å². The minimum Gasteiger partial charge on any atom is -0.393 e. The average Bonchev–Trinajstić information content (AvgIpc) is 3.05. The predicted octanol–water partition coefficient (Wildman–Crippen LogP) is 2.34. The Hall–Kier alpha value is -1.09. The van der Waals surface area contributed by atoms with E-state index in [0.29, 0.717) is 24.3 Å². The van der Waals surface area contributed by atoms with Crippen LogP contribution < -0.4 is 0 Å². The first-order valence-electron chi connectivity index (χ1n) is 6.91. The lowest BCUT2D eigenvalue weighted by Gasteiger charge is -2.25. The molecule has 2 atom stereocenters. The van der Waals surface area contributed by atoms with E-state index in [1.807, 2.05) is 0 Å². The molecule has 1 fully saturated rings. The summed E-state index contributed by atoms with van der Waals surface area (Å²) in [6.07, 6.45) is 1.56. The molecule has 0 spiro atoms. The molecule has 0 aromatic heterocycles. The normalized spacial score (nSPS) is 23.0. The molecule has 1 saturated heterocycles. The maximum atomic E-state index is 12.9. The van der Waals surface area contributed by atoms with E-state index < -0.39 is 16.1 Å². The van der Waals surface area contributed by atoms with E-state index in [1.165, 1.54) is 4.31 Å². The first kappa shape index (κ1) is 14.8. The van der Waals surface area contributed by atoms with Crippen LogP contribution in [0.15, 0.2) is 31.8 Å². The molecular formula is C13H17N3O3S2. The molecule has 2 aliphatic heterocycles. The van der Waals surface area contributed by atoms with Crippen molar-refractivity contribution in [1.29, 1.82) is 0 Å². The van der Waals surface area contributed by atoms with E-state index in [1.54, 1.807) is 25.1 Å². The topological polar surface area (TPSA) is 82.3 Å². The average molecular weight is 327 g/mol. The SMILES string of the molecule is CC(O)CC1CCCN1S(=O)(=O)c1cccc2c1N=S=N2. The van der Waals surface area contributed by atoms with Crippen molar-refractivity contribution in [1.82, 2.24) is 4.31 Å². The van der Waals surface area contributed by atoms with Crippen molar-refractivity contribution in [2.45, 2.75) is 43.2 Å². The molecule has 0 amide bonds. The number of hydrogen-bond donors (Lipinski definition) is 1. The van der Waals surface area contributed by atoms with Gasteiger partial charge in [0.05, 0.1) is 17.5 Å². The smallest absolute Gasteiger partial charge is 0.245 e. The Morgan fingerprint density at radius 3 is 3.05 bits per heavy atom. The summed E-state index contributed by atoms with van der Waals surface area (Å²) in [6.45, 7) is 2.18. The number of sulfonamides is 1. The third-order valence-electron chi connectivity index (χ3n) is 3.77. The van der Waals surface area contributed by atoms with Gasteiger partial charge in [0.2, 0.25) is 10.0 Å². The number of aliphatic hydroxyl groups is 1. The molecule has 114 valence electrons. The Kier molecular flexibility index (Phi) is 3.96. The van der Waals surface area contributed by atoms with Crippen molar-refractivity contribution in [2.75, 3.05) is 6.54 Å². The van der Waals surface area contributed by atoms with Gasteiger partial charge in [0, 0.05) is 12.6 Å². The zero-order valence-corrected chi connectivity index (χ0v) is 13.3. The number of fused-ring (bicyclic) bond motifs is 1. The fraction of sp³-hybridized carbons (Fsp3) is 0.538. The van der Waals surface area contributed by atoms with Crippen LogP contribution in [0.5, 0.6) is 0 Å². The minimum absolute atomic E-state index is 0.142. The lowest BCUT2D eigenvalue weighted by Crippen LogP contribution is -2.37. The Bertz CT molecular complexity index is 724. The van der Waals surface area contributed by atoms with Crippen LogP contribution in [0, 0.1) is 0 Å². The Morgan fingerprint density at radius 2 is 2.29 bits per heavy atom. The molecule has 1 N–H and O–H groups in total. The highest BCUT2D eigenvalue weighted by atomic mass is 32.2. The molecule has 3 rings (SSSR count). The fourth-order valence-corrected chi connectivity index (χ4v) is 5.33. The summed E-state index contributed by atoms with van der Waals surface area (Å²) in [5.41, 5.74) is 1.04. The number of aliphatic hydroxyl groups excluding tert-OH is 1. The molecule has 1 aromatic rings. The van der Waals surface area contributed by atoms with Gasteiger partial charge in [0.1, 0.15) is 16.3 Å².